The predicted octanol–water partition coefficient (Wildman–Crippen LogP) is 7.17. The second kappa shape index (κ2) is 15.1. The number of unbranched alkanes of at least 4 members (excludes halogenated alkanes) is 2. The third-order valence-electron chi connectivity index (χ3n) is 3.49. The Morgan fingerprint density at radius 3 is 2.48 bits per heavy atom. The summed E-state index contributed by atoms with van der Waals surface area (Å²) in [6.45, 7) is 12.1. The lowest BCUT2D eigenvalue weighted by molar-refractivity contribution is 0.567. The fourth-order valence-electron chi connectivity index (χ4n) is 2.41. The average Bonchev–Trinajstić information content (AvgIpc) is 2.47. The Kier molecular flexibility index (Phi) is 14.2. The van der Waals surface area contributed by atoms with E-state index >= 15 is 0 Å². The molecule has 0 radical (unpaired) electrons. The van der Waals surface area contributed by atoms with Crippen molar-refractivity contribution in [3.05, 3.63) is 61.3 Å². The van der Waals surface area contributed by atoms with Crippen LogP contribution in [0, 0.1) is 5.92 Å². The molecule has 0 aliphatic heterocycles. The van der Waals surface area contributed by atoms with Crippen molar-refractivity contribution in [1.82, 2.24) is 0 Å². The molecule has 1 atom stereocenters. The second-order valence-corrected chi connectivity index (χ2v) is 5.71. The van der Waals surface area contributed by atoms with Gasteiger partial charge < -0.3 is 0 Å². The molecule has 0 aromatic rings. The van der Waals surface area contributed by atoms with Crippen molar-refractivity contribution >= 4 is 0 Å². The molecule has 0 aromatic carbocycles. The lowest BCUT2D eigenvalue weighted by atomic mass is 9.94. The predicted molar refractivity (Wildman–Crippen MR) is 98.5 cm³/mol. The molecule has 0 amide bonds. The van der Waals surface area contributed by atoms with Crippen LogP contribution in [0.5, 0.6) is 0 Å². The lowest BCUT2D eigenvalue weighted by Crippen LogP contribution is -1.96. The molecule has 0 rings (SSSR count). The quantitative estimate of drug-likeness (QED) is 0.191. The minimum Gasteiger partial charge on any atom is -0.103 e. The van der Waals surface area contributed by atoms with Crippen LogP contribution in [0.1, 0.15) is 65.2 Å². The number of hydrogen-bond donors (Lipinski definition) is 0. The SMILES string of the molecule is C=CC=CCCC=CCC(C)CC(=CCC)CCCC=C. The second-order valence-electron chi connectivity index (χ2n) is 5.71. The normalized spacial score (nSPS) is 13.9. The zero-order valence-electron chi connectivity index (χ0n) is 14.2. The number of rotatable bonds is 13. The molecule has 0 fully saturated rings. The molecule has 0 nitrogen and oxygen atoms in total. The highest BCUT2D eigenvalue weighted by Crippen LogP contribution is 2.21. The van der Waals surface area contributed by atoms with E-state index < -0.39 is 0 Å². The molecule has 0 saturated carbocycles. The van der Waals surface area contributed by atoms with Gasteiger partial charge in [0.15, 0.2) is 0 Å². The van der Waals surface area contributed by atoms with Crippen LogP contribution in [0.3, 0.4) is 0 Å². The molecular weight excluding hydrogens is 252 g/mol. The van der Waals surface area contributed by atoms with E-state index in [0.717, 1.165) is 31.6 Å². The summed E-state index contributed by atoms with van der Waals surface area (Å²) in [5, 5.41) is 0. The summed E-state index contributed by atoms with van der Waals surface area (Å²) in [5.41, 5.74) is 1.63. The summed E-state index contributed by atoms with van der Waals surface area (Å²) < 4.78 is 0. The van der Waals surface area contributed by atoms with Gasteiger partial charge in [0, 0.05) is 0 Å². The van der Waals surface area contributed by atoms with Crippen LogP contribution < -0.4 is 0 Å². The first-order valence-electron chi connectivity index (χ1n) is 8.45. The molecule has 0 saturated heterocycles. The third kappa shape index (κ3) is 13.4. The van der Waals surface area contributed by atoms with E-state index in [1.54, 1.807) is 5.57 Å². The van der Waals surface area contributed by atoms with Crippen LogP contribution in [0.15, 0.2) is 61.3 Å². The first-order valence-corrected chi connectivity index (χ1v) is 8.45. The van der Waals surface area contributed by atoms with Crippen LogP contribution in [-0.4, -0.2) is 0 Å². The molecule has 0 aromatic heterocycles. The standard InChI is InChI=1S/C21H34/c1-5-8-10-11-12-13-15-17-20(4)19-21(16-7-3)18-14-9-6-2/h5-6,8,10,13,15-16,20H,1-2,7,9,11-12,14,17-19H2,3-4H3. The van der Waals surface area contributed by atoms with Crippen LogP contribution in [0.4, 0.5) is 0 Å². The van der Waals surface area contributed by atoms with E-state index in [1.807, 2.05) is 18.2 Å². The van der Waals surface area contributed by atoms with Crippen molar-refractivity contribution in [2.24, 2.45) is 5.92 Å². The van der Waals surface area contributed by atoms with Crippen LogP contribution >= 0.6 is 0 Å². The largest absolute Gasteiger partial charge is 0.103 e. The minimum absolute atomic E-state index is 0.742. The average molecular weight is 287 g/mol. The summed E-state index contributed by atoms with van der Waals surface area (Å²) in [7, 11) is 0. The van der Waals surface area contributed by atoms with E-state index in [1.165, 1.54) is 25.7 Å². The van der Waals surface area contributed by atoms with Crippen molar-refractivity contribution in [3.8, 4) is 0 Å². The summed E-state index contributed by atoms with van der Waals surface area (Å²) >= 11 is 0. The smallest absolute Gasteiger partial charge is 0.0291 e. The van der Waals surface area contributed by atoms with Gasteiger partial charge in [-0.15, -0.1) is 6.58 Å². The monoisotopic (exact) mass is 286 g/mol. The third-order valence-corrected chi connectivity index (χ3v) is 3.49. The van der Waals surface area contributed by atoms with Crippen molar-refractivity contribution in [1.29, 1.82) is 0 Å². The molecular formula is C21H34. The number of hydrogen-bond acceptors (Lipinski definition) is 0. The van der Waals surface area contributed by atoms with Crippen LogP contribution in [0.2, 0.25) is 0 Å². The van der Waals surface area contributed by atoms with E-state index in [0.29, 0.717) is 0 Å². The fraction of sp³-hybridized carbons (Fsp3) is 0.524. The van der Waals surface area contributed by atoms with Crippen molar-refractivity contribution in [3.63, 3.8) is 0 Å². The molecule has 0 bridgehead atoms. The number of allylic oxidation sites excluding steroid dienone is 8. The van der Waals surface area contributed by atoms with Crippen molar-refractivity contribution in [2.75, 3.05) is 0 Å². The maximum atomic E-state index is 3.80. The Morgan fingerprint density at radius 2 is 1.81 bits per heavy atom. The summed E-state index contributed by atoms with van der Waals surface area (Å²) in [6, 6.07) is 0. The Bertz CT molecular complexity index is 341. The van der Waals surface area contributed by atoms with Gasteiger partial charge in [0.05, 0.1) is 0 Å². The molecule has 21 heavy (non-hydrogen) atoms. The Balaban J connectivity index is 3.96. The van der Waals surface area contributed by atoms with E-state index in [9.17, 15) is 0 Å². The first-order chi connectivity index (χ1) is 10.2. The van der Waals surface area contributed by atoms with Gasteiger partial charge >= 0.3 is 0 Å². The van der Waals surface area contributed by atoms with E-state index in [-0.39, 0.29) is 0 Å². The molecule has 118 valence electrons. The van der Waals surface area contributed by atoms with Gasteiger partial charge in [-0.25, -0.2) is 0 Å². The molecule has 0 heterocycles. The highest BCUT2D eigenvalue weighted by Gasteiger charge is 2.04. The van der Waals surface area contributed by atoms with Gasteiger partial charge in [0.1, 0.15) is 0 Å². The molecule has 0 spiro atoms. The first kappa shape index (κ1) is 19.7. The Hall–Kier alpha value is -1.30. The highest BCUT2D eigenvalue weighted by atomic mass is 14.1. The Labute approximate surface area is 133 Å². The van der Waals surface area contributed by atoms with Gasteiger partial charge in [0.2, 0.25) is 0 Å². The molecule has 0 heteroatoms. The van der Waals surface area contributed by atoms with Crippen molar-refractivity contribution in [2.45, 2.75) is 65.2 Å². The summed E-state index contributed by atoms with van der Waals surface area (Å²) in [6.07, 6.45) is 24.6. The van der Waals surface area contributed by atoms with Gasteiger partial charge in [-0.3, -0.25) is 0 Å². The fourth-order valence-corrected chi connectivity index (χ4v) is 2.41. The van der Waals surface area contributed by atoms with E-state index in [4.69, 9.17) is 0 Å². The minimum atomic E-state index is 0.742. The molecule has 1 unspecified atom stereocenters. The maximum Gasteiger partial charge on any atom is -0.0291 e. The van der Waals surface area contributed by atoms with Gasteiger partial charge in [-0.05, 0) is 57.3 Å². The molecule has 0 aliphatic rings. The van der Waals surface area contributed by atoms with Crippen LogP contribution in [0.25, 0.3) is 0 Å². The Morgan fingerprint density at radius 1 is 1.05 bits per heavy atom. The van der Waals surface area contributed by atoms with E-state index in [2.05, 4.69) is 51.3 Å². The maximum absolute atomic E-state index is 3.80. The lowest BCUT2D eigenvalue weighted by Gasteiger charge is -2.12. The summed E-state index contributed by atoms with van der Waals surface area (Å²) in [4.78, 5) is 0. The zero-order valence-corrected chi connectivity index (χ0v) is 14.2. The van der Waals surface area contributed by atoms with Gasteiger partial charge in [0.25, 0.3) is 0 Å². The van der Waals surface area contributed by atoms with Gasteiger partial charge in [-0.2, -0.15) is 0 Å². The van der Waals surface area contributed by atoms with Crippen molar-refractivity contribution < 1.29 is 0 Å². The van der Waals surface area contributed by atoms with Crippen LogP contribution in [-0.2, 0) is 0 Å². The molecule has 0 aliphatic carbocycles. The molecule has 0 N–H and O–H groups in total. The zero-order chi connectivity index (χ0) is 15.8. The topological polar surface area (TPSA) is 0 Å². The van der Waals surface area contributed by atoms with Gasteiger partial charge in [-0.1, -0.05) is 68.5 Å². The highest BCUT2D eigenvalue weighted by molar-refractivity contribution is 5.04. The summed E-state index contributed by atoms with van der Waals surface area (Å²) in [5.74, 6) is 0.742.